The van der Waals surface area contributed by atoms with Crippen LogP contribution in [0, 0.1) is 0 Å². The van der Waals surface area contributed by atoms with Gasteiger partial charge in [-0.15, -0.1) is 10.2 Å². The second-order valence-corrected chi connectivity index (χ2v) is 4.55. The Labute approximate surface area is 82.3 Å². The van der Waals surface area contributed by atoms with Crippen LogP contribution in [0.25, 0.3) is 0 Å². The molecule has 4 nitrogen and oxygen atoms in total. The Balaban J connectivity index is 2.44. The summed E-state index contributed by atoms with van der Waals surface area (Å²) in [4.78, 5) is 0. The zero-order valence-electron chi connectivity index (χ0n) is 7.99. The number of hydrogen-bond donors (Lipinski definition) is 1. The van der Waals surface area contributed by atoms with E-state index in [4.69, 9.17) is 10.2 Å². The van der Waals surface area contributed by atoms with Crippen LogP contribution in [0.2, 0.25) is 0 Å². The molecule has 1 aromatic rings. The maximum absolute atomic E-state index is 5.38. The fourth-order valence-electron chi connectivity index (χ4n) is 0.842. The zero-order valence-corrected chi connectivity index (χ0v) is 8.80. The third kappa shape index (κ3) is 3.78. The van der Waals surface area contributed by atoms with Crippen molar-refractivity contribution in [1.82, 2.24) is 10.2 Å². The normalized spacial score (nSPS) is 11.1. The number of aryl methyl sites for hydroxylation is 1. The van der Waals surface area contributed by atoms with Gasteiger partial charge in [-0.3, -0.25) is 0 Å². The molecule has 1 heterocycles. The van der Waals surface area contributed by atoms with Crippen LogP contribution in [-0.4, -0.2) is 22.0 Å². The van der Waals surface area contributed by atoms with E-state index in [1.807, 2.05) is 0 Å². The van der Waals surface area contributed by atoms with Crippen molar-refractivity contribution >= 4 is 11.8 Å². The number of rotatable bonds is 5. The Kier molecular flexibility index (Phi) is 4.24. The molecule has 0 amide bonds. The molecule has 1 rings (SSSR count). The molecule has 0 saturated heterocycles. The van der Waals surface area contributed by atoms with E-state index in [9.17, 15) is 0 Å². The molecule has 2 N–H and O–H groups in total. The van der Waals surface area contributed by atoms with Crippen LogP contribution < -0.4 is 5.73 Å². The minimum atomic E-state index is 0.475. The first-order valence-corrected chi connectivity index (χ1v) is 5.29. The van der Waals surface area contributed by atoms with Crippen LogP contribution in [0.15, 0.2) is 9.64 Å². The van der Waals surface area contributed by atoms with E-state index in [-0.39, 0.29) is 0 Å². The fraction of sp³-hybridized carbons (Fsp3) is 0.750. The molecule has 0 aliphatic rings. The molecule has 0 unspecified atom stereocenters. The van der Waals surface area contributed by atoms with Crippen LogP contribution in [0.5, 0.6) is 0 Å². The summed E-state index contributed by atoms with van der Waals surface area (Å²) < 4.78 is 5.38. The molecule has 0 aromatic carbocycles. The molecule has 0 atom stereocenters. The van der Waals surface area contributed by atoms with Crippen molar-refractivity contribution in [1.29, 1.82) is 0 Å². The van der Waals surface area contributed by atoms with E-state index in [2.05, 4.69) is 24.0 Å². The van der Waals surface area contributed by atoms with Gasteiger partial charge in [0.2, 0.25) is 5.89 Å². The number of aromatic nitrogens is 2. The van der Waals surface area contributed by atoms with Gasteiger partial charge in [0.15, 0.2) is 0 Å². The first-order chi connectivity index (χ1) is 6.22. The van der Waals surface area contributed by atoms with Gasteiger partial charge in [-0.05, 0) is 13.0 Å². The number of nitrogens with two attached hydrogens (primary N) is 1. The van der Waals surface area contributed by atoms with Crippen molar-refractivity contribution in [3.05, 3.63) is 5.89 Å². The summed E-state index contributed by atoms with van der Waals surface area (Å²) in [5.74, 6) is 0.689. The van der Waals surface area contributed by atoms with Gasteiger partial charge in [-0.1, -0.05) is 25.6 Å². The van der Waals surface area contributed by atoms with Gasteiger partial charge >= 0.3 is 0 Å². The largest absolute Gasteiger partial charge is 0.416 e. The molecule has 1 aromatic heterocycles. The lowest BCUT2D eigenvalue weighted by Gasteiger charge is -1.96. The lowest BCUT2D eigenvalue weighted by molar-refractivity contribution is 0.409. The van der Waals surface area contributed by atoms with Gasteiger partial charge in [0.05, 0.1) is 0 Å². The summed E-state index contributed by atoms with van der Waals surface area (Å²) in [5.41, 5.74) is 5.37. The molecule has 0 aliphatic carbocycles. The summed E-state index contributed by atoms with van der Waals surface area (Å²) >= 11 is 1.58. The van der Waals surface area contributed by atoms with E-state index in [0.29, 0.717) is 22.9 Å². The highest BCUT2D eigenvalue weighted by Gasteiger charge is 2.07. The van der Waals surface area contributed by atoms with Gasteiger partial charge < -0.3 is 10.2 Å². The smallest absolute Gasteiger partial charge is 0.276 e. The van der Waals surface area contributed by atoms with Crippen molar-refractivity contribution in [2.75, 3.05) is 6.54 Å². The number of nitrogens with zero attached hydrogens (tertiary/aromatic N) is 2. The lowest BCUT2D eigenvalue weighted by atomic mass is 10.3. The first-order valence-electron chi connectivity index (χ1n) is 4.41. The fourth-order valence-corrected chi connectivity index (χ4v) is 1.48. The lowest BCUT2D eigenvalue weighted by Crippen LogP contribution is -2.00. The van der Waals surface area contributed by atoms with Crippen LogP contribution in [-0.2, 0) is 6.42 Å². The summed E-state index contributed by atoms with van der Waals surface area (Å²) in [6.45, 7) is 4.85. The predicted octanol–water partition coefficient (Wildman–Crippen LogP) is 1.46. The van der Waals surface area contributed by atoms with E-state index < -0.39 is 0 Å². The molecule has 0 spiro atoms. The number of thioether (sulfide) groups is 1. The highest BCUT2D eigenvalue weighted by Crippen LogP contribution is 2.21. The molecule has 0 radical (unpaired) electrons. The average Bonchev–Trinajstić information content (AvgIpc) is 2.48. The second-order valence-electron chi connectivity index (χ2n) is 3.02. The molecule has 0 saturated carbocycles. The highest BCUT2D eigenvalue weighted by atomic mass is 32.2. The van der Waals surface area contributed by atoms with Gasteiger partial charge in [0.1, 0.15) is 0 Å². The van der Waals surface area contributed by atoms with Crippen molar-refractivity contribution in [2.24, 2.45) is 5.73 Å². The topological polar surface area (TPSA) is 64.9 Å². The number of hydrogen-bond acceptors (Lipinski definition) is 5. The summed E-state index contributed by atoms with van der Waals surface area (Å²) in [7, 11) is 0. The molecular weight excluding hydrogens is 186 g/mol. The molecule has 0 aliphatic heterocycles. The van der Waals surface area contributed by atoms with E-state index >= 15 is 0 Å². The molecule has 13 heavy (non-hydrogen) atoms. The van der Waals surface area contributed by atoms with Crippen LogP contribution >= 0.6 is 11.8 Å². The summed E-state index contributed by atoms with van der Waals surface area (Å²) in [6, 6.07) is 0. The van der Waals surface area contributed by atoms with Crippen molar-refractivity contribution in [3.8, 4) is 0 Å². The van der Waals surface area contributed by atoms with Crippen molar-refractivity contribution < 1.29 is 4.42 Å². The Morgan fingerprint density at radius 3 is 2.85 bits per heavy atom. The molecule has 0 fully saturated rings. The van der Waals surface area contributed by atoms with Crippen LogP contribution in [0.3, 0.4) is 0 Å². The first kappa shape index (κ1) is 10.5. The molecular formula is C8H15N3OS. The zero-order chi connectivity index (χ0) is 9.68. The van der Waals surface area contributed by atoms with Crippen LogP contribution in [0.1, 0.15) is 26.2 Å². The minimum absolute atomic E-state index is 0.475. The molecule has 74 valence electrons. The predicted molar refractivity (Wildman–Crippen MR) is 52.7 cm³/mol. The standard InChI is InChI=1S/C8H15N3OS/c1-6(2)13-8-11-10-7(12-8)4-3-5-9/h6H,3-5,9H2,1-2H3. The van der Waals surface area contributed by atoms with Gasteiger partial charge in [0, 0.05) is 11.7 Å². The molecule has 5 heteroatoms. The van der Waals surface area contributed by atoms with Crippen molar-refractivity contribution in [3.63, 3.8) is 0 Å². The summed E-state index contributed by atoms with van der Waals surface area (Å²) in [6.07, 6.45) is 1.68. The monoisotopic (exact) mass is 201 g/mol. The maximum Gasteiger partial charge on any atom is 0.276 e. The Bertz CT molecular complexity index is 249. The van der Waals surface area contributed by atoms with E-state index in [1.54, 1.807) is 11.8 Å². The van der Waals surface area contributed by atoms with Gasteiger partial charge in [-0.2, -0.15) is 0 Å². The van der Waals surface area contributed by atoms with Gasteiger partial charge in [0.25, 0.3) is 5.22 Å². The summed E-state index contributed by atoms with van der Waals surface area (Å²) in [5, 5.41) is 8.96. The SMILES string of the molecule is CC(C)Sc1nnc(CCCN)o1. The maximum atomic E-state index is 5.38. The second kappa shape index (κ2) is 5.24. The van der Waals surface area contributed by atoms with E-state index in [0.717, 1.165) is 12.8 Å². The van der Waals surface area contributed by atoms with Crippen LogP contribution in [0.4, 0.5) is 0 Å². The van der Waals surface area contributed by atoms with Crippen molar-refractivity contribution in [2.45, 2.75) is 37.2 Å². The highest BCUT2D eigenvalue weighted by molar-refractivity contribution is 7.99. The Morgan fingerprint density at radius 1 is 1.46 bits per heavy atom. The average molecular weight is 201 g/mol. The Morgan fingerprint density at radius 2 is 2.23 bits per heavy atom. The van der Waals surface area contributed by atoms with E-state index in [1.165, 1.54) is 0 Å². The third-order valence-electron chi connectivity index (χ3n) is 1.38. The molecule has 0 bridgehead atoms. The minimum Gasteiger partial charge on any atom is -0.416 e. The third-order valence-corrected chi connectivity index (χ3v) is 2.22. The quantitative estimate of drug-likeness (QED) is 0.731. The van der Waals surface area contributed by atoms with Gasteiger partial charge in [-0.25, -0.2) is 0 Å². The Hall–Kier alpha value is -0.550.